The Morgan fingerprint density at radius 2 is 1.91 bits per heavy atom. The molecule has 0 bridgehead atoms. The molecule has 0 amide bonds. The minimum atomic E-state index is -0.129. The van der Waals surface area contributed by atoms with E-state index < -0.39 is 0 Å². The second-order valence-electron chi connectivity index (χ2n) is 2.80. The third-order valence-corrected chi connectivity index (χ3v) is 1.94. The molecule has 1 aliphatic heterocycles. The van der Waals surface area contributed by atoms with E-state index in [1.807, 2.05) is 4.90 Å². The predicted octanol–water partition coefficient (Wildman–Crippen LogP) is 0.862. The number of piperidine rings is 1. The maximum Gasteiger partial charge on any atom is 0.0925 e. The molecule has 2 N–H and O–H groups in total. The van der Waals surface area contributed by atoms with Crippen LogP contribution in [0.15, 0.2) is 0 Å². The fraction of sp³-hybridized carbons (Fsp3) is 0.857. The lowest BCUT2D eigenvalue weighted by molar-refractivity contribution is 0.109. The number of nitrogens with one attached hydrogen (secondary N) is 1. The van der Waals surface area contributed by atoms with Gasteiger partial charge in [0.2, 0.25) is 0 Å². The zero-order valence-electron chi connectivity index (χ0n) is 6.71. The van der Waals surface area contributed by atoms with Crippen LogP contribution >= 0.6 is 12.4 Å². The number of amidine groups is 1. The van der Waals surface area contributed by atoms with E-state index in [4.69, 9.17) is 10.5 Å². The molecule has 1 saturated heterocycles. The smallest absolute Gasteiger partial charge is 0.0925 e. The molecule has 0 unspecified atom stereocenters. The summed E-state index contributed by atoms with van der Waals surface area (Å²) in [6.07, 6.45) is 1.50. The number of rotatable bonds is 0. The third-order valence-electron chi connectivity index (χ3n) is 1.94. The Morgan fingerprint density at radius 1 is 1.45 bits per heavy atom. The van der Waals surface area contributed by atoms with E-state index in [0.717, 1.165) is 25.9 Å². The summed E-state index contributed by atoms with van der Waals surface area (Å²) in [5, 5.41) is 16.4. The van der Waals surface area contributed by atoms with Gasteiger partial charge in [0.05, 0.1) is 11.9 Å². The standard InChI is InChI=1S/C7H14N2O.ClH/c1-6(8)9-4-2-7(10)3-5-9;/h7-8,10H,2-5H2,1H3;1H. The number of aliphatic hydroxyl groups excluding tert-OH is 1. The van der Waals surface area contributed by atoms with E-state index in [0.29, 0.717) is 5.84 Å². The number of hydrogen-bond acceptors (Lipinski definition) is 2. The lowest BCUT2D eigenvalue weighted by atomic mass is 10.1. The van der Waals surface area contributed by atoms with Gasteiger partial charge in [-0.1, -0.05) is 0 Å². The third kappa shape index (κ3) is 3.08. The van der Waals surface area contributed by atoms with E-state index in [9.17, 15) is 0 Å². The first-order valence-electron chi connectivity index (χ1n) is 3.68. The van der Waals surface area contributed by atoms with Crippen molar-refractivity contribution < 1.29 is 5.11 Å². The summed E-state index contributed by atoms with van der Waals surface area (Å²) in [7, 11) is 0. The number of likely N-dealkylation sites (tertiary alicyclic amines) is 1. The van der Waals surface area contributed by atoms with Gasteiger partial charge in [0.15, 0.2) is 0 Å². The summed E-state index contributed by atoms with van der Waals surface area (Å²) >= 11 is 0. The van der Waals surface area contributed by atoms with Crippen molar-refractivity contribution in [3.8, 4) is 0 Å². The van der Waals surface area contributed by atoms with Gasteiger partial charge in [0.1, 0.15) is 0 Å². The van der Waals surface area contributed by atoms with Gasteiger partial charge in [0, 0.05) is 13.1 Å². The molecule has 3 nitrogen and oxygen atoms in total. The molecule has 0 spiro atoms. The summed E-state index contributed by atoms with van der Waals surface area (Å²) < 4.78 is 0. The van der Waals surface area contributed by atoms with Gasteiger partial charge in [0.25, 0.3) is 0 Å². The van der Waals surface area contributed by atoms with Crippen LogP contribution in [0.5, 0.6) is 0 Å². The maximum absolute atomic E-state index is 9.11. The largest absolute Gasteiger partial charge is 0.393 e. The van der Waals surface area contributed by atoms with Gasteiger partial charge in [-0.2, -0.15) is 0 Å². The Kier molecular flexibility index (Phi) is 4.45. The van der Waals surface area contributed by atoms with E-state index in [-0.39, 0.29) is 18.5 Å². The normalized spacial score (nSPS) is 19.3. The predicted molar refractivity (Wildman–Crippen MR) is 47.5 cm³/mol. The highest BCUT2D eigenvalue weighted by molar-refractivity contribution is 5.85. The van der Waals surface area contributed by atoms with Crippen molar-refractivity contribution in [3.63, 3.8) is 0 Å². The maximum atomic E-state index is 9.11. The van der Waals surface area contributed by atoms with Crippen molar-refractivity contribution in [3.05, 3.63) is 0 Å². The quantitative estimate of drug-likeness (QED) is 0.427. The zero-order chi connectivity index (χ0) is 7.56. The summed E-state index contributed by atoms with van der Waals surface area (Å²) in [5.41, 5.74) is 0. The summed E-state index contributed by atoms with van der Waals surface area (Å²) in [6.45, 7) is 3.48. The Balaban J connectivity index is 0.000001000. The molecule has 0 radical (unpaired) electrons. The average Bonchev–Trinajstić information content (AvgIpc) is 1.88. The molecule has 1 aliphatic rings. The van der Waals surface area contributed by atoms with Gasteiger partial charge in [-0.25, -0.2) is 0 Å². The fourth-order valence-corrected chi connectivity index (χ4v) is 1.20. The SMILES string of the molecule is CC(=N)N1CCC(O)CC1.Cl. The van der Waals surface area contributed by atoms with Crippen LogP contribution in [0.25, 0.3) is 0 Å². The van der Waals surface area contributed by atoms with Crippen LogP contribution in [0.4, 0.5) is 0 Å². The van der Waals surface area contributed by atoms with Crippen molar-refractivity contribution in [2.45, 2.75) is 25.9 Å². The molecule has 0 aromatic heterocycles. The van der Waals surface area contributed by atoms with Crippen LogP contribution < -0.4 is 0 Å². The molecule has 0 aromatic rings. The Hall–Kier alpha value is -0.280. The number of nitrogens with zero attached hydrogens (tertiary/aromatic N) is 1. The van der Waals surface area contributed by atoms with Crippen LogP contribution in [0, 0.1) is 5.41 Å². The first kappa shape index (κ1) is 10.7. The lowest BCUT2D eigenvalue weighted by Crippen LogP contribution is -2.38. The van der Waals surface area contributed by atoms with E-state index in [2.05, 4.69) is 0 Å². The van der Waals surface area contributed by atoms with Crippen LogP contribution in [-0.2, 0) is 0 Å². The van der Waals surface area contributed by atoms with E-state index >= 15 is 0 Å². The van der Waals surface area contributed by atoms with Crippen molar-refractivity contribution in [1.29, 1.82) is 5.41 Å². The van der Waals surface area contributed by atoms with Crippen LogP contribution in [0.3, 0.4) is 0 Å². The molecule has 0 aromatic carbocycles. The van der Waals surface area contributed by atoms with E-state index in [1.165, 1.54) is 0 Å². The molecule has 0 atom stereocenters. The van der Waals surface area contributed by atoms with Gasteiger partial charge >= 0.3 is 0 Å². The molecule has 0 aliphatic carbocycles. The molecule has 1 fully saturated rings. The zero-order valence-corrected chi connectivity index (χ0v) is 7.52. The van der Waals surface area contributed by atoms with Gasteiger partial charge in [-0.05, 0) is 19.8 Å². The minimum absolute atomic E-state index is 0. The summed E-state index contributed by atoms with van der Waals surface area (Å²) in [6, 6.07) is 0. The Morgan fingerprint density at radius 3 is 2.27 bits per heavy atom. The summed E-state index contributed by atoms with van der Waals surface area (Å²) in [5.74, 6) is 0.618. The van der Waals surface area contributed by atoms with Crippen LogP contribution in [0.1, 0.15) is 19.8 Å². The molecule has 4 heteroatoms. The second kappa shape index (κ2) is 4.57. The van der Waals surface area contributed by atoms with Crippen molar-refractivity contribution in [2.75, 3.05) is 13.1 Å². The first-order chi connectivity index (χ1) is 4.70. The van der Waals surface area contributed by atoms with Crippen molar-refractivity contribution in [2.24, 2.45) is 0 Å². The molecule has 0 saturated carbocycles. The highest BCUT2D eigenvalue weighted by Crippen LogP contribution is 2.09. The minimum Gasteiger partial charge on any atom is -0.393 e. The van der Waals surface area contributed by atoms with Crippen LogP contribution in [-0.4, -0.2) is 35.0 Å². The molecular formula is C7H15ClN2O. The van der Waals surface area contributed by atoms with Gasteiger partial charge in [-0.15, -0.1) is 12.4 Å². The number of aliphatic hydroxyl groups is 1. The number of hydrogen-bond donors (Lipinski definition) is 2. The van der Waals surface area contributed by atoms with Crippen molar-refractivity contribution in [1.82, 2.24) is 4.90 Å². The highest BCUT2D eigenvalue weighted by Gasteiger charge is 2.16. The second-order valence-corrected chi connectivity index (χ2v) is 2.80. The molecule has 66 valence electrons. The first-order valence-corrected chi connectivity index (χ1v) is 3.68. The fourth-order valence-electron chi connectivity index (χ4n) is 1.20. The summed E-state index contributed by atoms with van der Waals surface area (Å²) in [4.78, 5) is 1.99. The van der Waals surface area contributed by atoms with Gasteiger partial charge in [-0.3, -0.25) is 5.41 Å². The molecule has 1 rings (SSSR count). The average molecular weight is 179 g/mol. The monoisotopic (exact) mass is 178 g/mol. The topological polar surface area (TPSA) is 47.3 Å². The highest BCUT2D eigenvalue weighted by atomic mass is 35.5. The Labute approximate surface area is 73.3 Å². The van der Waals surface area contributed by atoms with Gasteiger partial charge < -0.3 is 10.0 Å². The lowest BCUT2D eigenvalue weighted by Gasteiger charge is -2.30. The van der Waals surface area contributed by atoms with Crippen LogP contribution in [0.2, 0.25) is 0 Å². The van der Waals surface area contributed by atoms with Crippen molar-refractivity contribution >= 4 is 18.2 Å². The Bertz CT molecular complexity index is 132. The number of halogens is 1. The molecule has 1 heterocycles. The van der Waals surface area contributed by atoms with E-state index in [1.54, 1.807) is 6.92 Å². The molecular weight excluding hydrogens is 164 g/mol. The molecule has 11 heavy (non-hydrogen) atoms.